The molecule has 3 rings (SSSR count). The number of aryl methyl sites for hydroxylation is 1. The lowest BCUT2D eigenvalue weighted by atomic mass is 9.94. The molecule has 3 aromatic rings. The summed E-state index contributed by atoms with van der Waals surface area (Å²) in [7, 11) is -1.02. The van der Waals surface area contributed by atoms with Gasteiger partial charge in [0.1, 0.15) is 0 Å². The van der Waals surface area contributed by atoms with E-state index < -0.39 is 14.0 Å². The molecule has 0 aliphatic rings. The van der Waals surface area contributed by atoms with Crippen molar-refractivity contribution in [2.45, 2.75) is 44.9 Å². The summed E-state index contributed by atoms with van der Waals surface area (Å²) in [5, 5.41) is 18.6. The number of carbonyl (C=O) groups is 1. The van der Waals surface area contributed by atoms with Gasteiger partial charge in [-0.05, 0) is 58.9 Å². The fraction of sp³-hybridized carbons (Fsp3) is 0.259. The molecule has 0 aliphatic carbocycles. The van der Waals surface area contributed by atoms with E-state index in [1.807, 2.05) is 48.5 Å². The number of carboxylic acids is 1. The maximum atomic E-state index is 11.8. The van der Waals surface area contributed by atoms with Crippen molar-refractivity contribution in [3.05, 3.63) is 83.4 Å². The summed E-state index contributed by atoms with van der Waals surface area (Å²) in [5.41, 5.74) is 5.88. The number of unbranched alkanes of at least 4 members (excludes halogenated alkanes) is 1. The molecule has 0 unspecified atom stereocenters. The second kappa shape index (κ2) is 9.76. The molecule has 158 valence electrons. The Balaban J connectivity index is 1.82. The summed E-state index contributed by atoms with van der Waals surface area (Å²) in [6, 6.07) is 24.6. The third-order valence-electron chi connectivity index (χ3n) is 5.50. The van der Waals surface area contributed by atoms with Gasteiger partial charge in [0.25, 0.3) is 0 Å². The average Bonchev–Trinajstić information content (AvgIpc) is 2.76. The fourth-order valence-corrected chi connectivity index (χ4v) is 5.05. The first-order valence-corrected chi connectivity index (χ1v) is 14.4. The van der Waals surface area contributed by atoms with Crippen LogP contribution in [0.15, 0.2) is 66.7 Å². The highest BCUT2D eigenvalue weighted by Gasteiger charge is 2.14. The highest BCUT2D eigenvalue weighted by Crippen LogP contribution is 2.29. The Labute approximate surface area is 186 Å². The molecule has 0 aromatic heterocycles. The SMILES string of the molecule is C[Si](C)(C)CCCCc1ccc(C(=O)O)c(-c2ccc(-c3ccc(C#N)cc3)cc2)c1. The van der Waals surface area contributed by atoms with Crippen molar-refractivity contribution in [2.24, 2.45) is 0 Å². The van der Waals surface area contributed by atoms with Gasteiger partial charge in [-0.1, -0.05) is 80.6 Å². The number of hydrogen-bond donors (Lipinski definition) is 1. The van der Waals surface area contributed by atoms with E-state index in [0.717, 1.165) is 35.1 Å². The summed E-state index contributed by atoms with van der Waals surface area (Å²) >= 11 is 0. The predicted octanol–water partition coefficient (Wildman–Crippen LogP) is 7.25. The molecule has 0 fully saturated rings. The van der Waals surface area contributed by atoms with Gasteiger partial charge in [0, 0.05) is 8.07 Å². The van der Waals surface area contributed by atoms with Gasteiger partial charge >= 0.3 is 5.97 Å². The van der Waals surface area contributed by atoms with Crippen molar-refractivity contribution in [3.8, 4) is 28.3 Å². The largest absolute Gasteiger partial charge is 0.478 e. The molecule has 0 atom stereocenters. The third kappa shape index (κ3) is 6.16. The van der Waals surface area contributed by atoms with Crippen LogP contribution in [0.2, 0.25) is 25.7 Å². The van der Waals surface area contributed by atoms with Gasteiger partial charge in [-0.3, -0.25) is 0 Å². The zero-order chi connectivity index (χ0) is 22.4. The Morgan fingerprint density at radius 3 is 2.00 bits per heavy atom. The van der Waals surface area contributed by atoms with Crippen molar-refractivity contribution in [2.75, 3.05) is 0 Å². The van der Waals surface area contributed by atoms with Crippen molar-refractivity contribution in [1.82, 2.24) is 0 Å². The smallest absolute Gasteiger partial charge is 0.336 e. The lowest BCUT2D eigenvalue weighted by Crippen LogP contribution is -2.18. The Morgan fingerprint density at radius 1 is 0.871 bits per heavy atom. The molecular weight excluding hydrogens is 398 g/mol. The standard InChI is InChI=1S/C27H29NO2Si/c1-31(2,3)17-5-4-6-20-9-16-25(27(29)30)26(18-20)24-14-12-23(13-15-24)22-10-7-21(19-28)8-11-22/h7-16,18H,4-6,17H2,1-3H3,(H,29,30). The summed E-state index contributed by atoms with van der Waals surface area (Å²) in [6.45, 7) is 7.19. The van der Waals surface area contributed by atoms with Crippen LogP contribution in [0.1, 0.15) is 34.3 Å². The molecule has 0 radical (unpaired) electrons. The summed E-state index contributed by atoms with van der Waals surface area (Å²) in [4.78, 5) is 11.8. The third-order valence-corrected chi connectivity index (χ3v) is 7.35. The zero-order valence-corrected chi connectivity index (χ0v) is 19.5. The minimum absolute atomic E-state index is 0.331. The molecule has 0 bridgehead atoms. The Bertz CT molecular complexity index is 1090. The monoisotopic (exact) mass is 427 g/mol. The van der Waals surface area contributed by atoms with E-state index in [1.165, 1.54) is 18.0 Å². The van der Waals surface area contributed by atoms with Gasteiger partial charge in [0.05, 0.1) is 17.2 Å². The van der Waals surface area contributed by atoms with Crippen LogP contribution in [-0.4, -0.2) is 19.1 Å². The second-order valence-corrected chi connectivity index (χ2v) is 14.8. The normalized spacial score (nSPS) is 11.2. The Morgan fingerprint density at radius 2 is 1.45 bits per heavy atom. The van der Waals surface area contributed by atoms with Gasteiger partial charge in [-0.25, -0.2) is 4.79 Å². The van der Waals surface area contributed by atoms with Crippen LogP contribution in [0.5, 0.6) is 0 Å². The number of benzene rings is 3. The molecule has 31 heavy (non-hydrogen) atoms. The van der Waals surface area contributed by atoms with Crippen molar-refractivity contribution in [1.29, 1.82) is 5.26 Å². The van der Waals surface area contributed by atoms with Crippen LogP contribution in [-0.2, 0) is 6.42 Å². The van der Waals surface area contributed by atoms with Crippen LogP contribution in [0.3, 0.4) is 0 Å². The van der Waals surface area contributed by atoms with E-state index in [4.69, 9.17) is 5.26 Å². The highest BCUT2D eigenvalue weighted by atomic mass is 28.3. The molecule has 3 aromatic carbocycles. The molecular formula is C27H29NO2Si. The van der Waals surface area contributed by atoms with Gasteiger partial charge in [0.2, 0.25) is 0 Å². The van der Waals surface area contributed by atoms with E-state index in [0.29, 0.717) is 11.1 Å². The Kier molecular flexibility index (Phi) is 7.09. The number of aromatic carboxylic acids is 1. The van der Waals surface area contributed by atoms with Crippen LogP contribution < -0.4 is 0 Å². The van der Waals surface area contributed by atoms with Gasteiger partial charge in [-0.15, -0.1) is 0 Å². The van der Waals surface area contributed by atoms with Gasteiger partial charge in [-0.2, -0.15) is 5.26 Å². The minimum Gasteiger partial charge on any atom is -0.478 e. The van der Waals surface area contributed by atoms with E-state index in [-0.39, 0.29) is 0 Å². The number of nitriles is 1. The number of hydrogen-bond acceptors (Lipinski definition) is 2. The zero-order valence-electron chi connectivity index (χ0n) is 18.5. The van der Waals surface area contributed by atoms with Crippen molar-refractivity contribution in [3.63, 3.8) is 0 Å². The van der Waals surface area contributed by atoms with Crippen LogP contribution >= 0.6 is 0 Å². The minimum atomic E-state index is -1.02. The molecule has 0 heterocycles. The number of carboxylic acid groups (broad SMARTS) is 1. The van der Waals surface area contributed by atoms with Crippen molar-refractivity contribution >= 4 is 14.0 Å². The molecule has 0 amide bonds. The second-order valence-electron chi connectivity index (χ2n) is 9.22. The van der Waals surface area contributed by atoms with E-state index in [9.17, 15) is 9.90 Å². The van der Waals surface area contributed by atoms with E-state index in [2.05, 4.69) is 25.7 Å². The lowest BCUT2D eigenvalue weighted by molar-refractivity contribution is 0.0697. The lowest BCUT2D eigenvalue weighted by Gasteiger charge is -2.15. The van der Waals surface area contributed by atoms with Gasteiger partial charge in [0.15, 0.2) is 0 Å². The number of rotatable bonds is 8. The summed E-state index contributed by atoms with van der Waals surface area (Å²) in [6.07, 6.45) is 3.33. The Hall–Kier alpha value is -3.16. The predicted molar refractivity (Wildman–Crippen MR) is 130 cm³/mol. The topological polar surface area (TPSA) is 61.1 Å². The van der Waals surface area contributed by atoms with E-state index in [1.54, 1.807) is 18.2 Å². The summed E-state index contributed by atoms with van der Waals surface area (Å²) in [5.74, 6) is -0.906. The molecule has 4 heteroatoms. The molecule has 1 N–H and O–H groups in total. The maximum Gasteiger partial charge on any atom is 0.336 e. The first-order valence-electron chi connectivity index (χ1n) is 10.7. The first-order chi connectivity index (χ1) is 14.8. The average molecular weight is 428 g/mol. The van der Waals surface area contributed by atoms with Gasteiger partial charge < -0.3 is 5.11 Å². The molecule has 3 nitrogen and oxygen atoms in total. The fourth-order valence-electron chi connectivity index (χ4n) is 3.74. The maximum absolute atomic E-state index is 11.8. The van der Waals surface area contributed by atoms with Crippen LogP contribution in [0.25, 0.3) is 22.3 Å². The van der Waals surface area contributed by atoms with E-state index >= 15 is 0 Å². The molecule has 0 saturated carbocycles. The summed E-state index contributed by atoms with van der Waals surface area (Å²) < 4.78 is 0. The number of nitrogens with zero attached hydrogens (tertiary/aromatic N) is 1. The first kappa shape index (κ1) is 22.5. The molecule has 0 saturated heterocycles. The molecule has 0 aliphatic heterocycles. The quantitative estimate of drug-likeness (QED) is 0.304. The molecule has 0 spiro atoms. The van der Waals surface area contributed by atoms with Crippen LogP contribution in [0.4, 0.5) is 0 Å². The van der Waals surface area contributed by atoms with Crippen LogP contribution in [0, 0.1) is 11.3 Å². The highest BCUT2D eigenvalue weighted by molar-refractivity contribution is 6.76. The van der Waals surface area contributed by atoms with Crippen molar-refractivity contribution < 1.29 is 9.90 Å².